The summed E-state index contributed by atoms with van der Waals surface area (Å²) in [5, 5.41) is 3.44. The molecule has 5 saturated carbocycles. The van der Waals surface area contributed by atoms with Crippen molar-refractivity contribution in [2.24, 2.45) is 56.7 Å². The zero-order valence-corrected chi connectivity index (χ0v) is 30.1. The second-order valence-corrected chi connectivity index (χ2v) is 17.9. The molecule has 1 N–H and O–H groups in total. The molecule has 5 fully saturated rings. The van der Waals surface area contributed by atoms with E-state index >= 15 is 0 Å². The highest BCUT2D eigenvalue weighted by atomic mass is 16.6. The second kappa shape index (κ2) is 11.3. The van der Waals surface area contributed by atoms with Crippen molar-refractivity contribution in [3.05, 3.63) is 35.9 Å². The molecule has 0 radical (unpaired) electrons. The minimum atomic E-state index is -0.353. The number of carbonyl (C=O) groups is 2. The SMILES string of the molecule is C=C(C)[C@@H]1CC[C@]2(C(=O)NCc3cccc4c3OCCO4)CC[C@]3(C)[C@H](CC[C@@H]4[C@@]5(C)CC[C@H](OC(C)=O)C(C)(C)[C@@H]5CC[C@]43C)[C@@H]12. The maximum atomic E-state index is 14.6. The van der Waals surface area contributed by atoms with Crippen molar-refractivity contribution in [3.63, 3.8) is 0 Å². The van der Waals surface area contributed by atoms with Crippen molar-refractivity contribution < 1.29 is 23.8 Å². The summed E-state index contributed by atoms with van der Waals surface area (Å²) in [6.45, 7) is 22.5. The van der Waals surface area contributed by atoms with E-state index in [2.05, 4.69) is 53.4 Å². The predicted molar refractivity (Wildman–Crippen MR) is 184 cm³/mol. The smallest absolute Gasteiger partial charge is 0.302 e. The largest absolute Gasteiger partial charge is 0.486 e. The number of fused-ring (bicyclic) bond motifs is 8. The molecule has 0 unspecified atom stereocenters. The Morgan fingerprint density at radius 3 is 2.38 bits per heavy atom. The lowest BCUT2D eigenvalue weighted by molar-refractivity contribution is -0.248. The molecule has 1 heterocycles. The van der Waals surface area contributed by atoms with Crippen LogP contribution in [-0.2, 0) is 20.9 Å². The average Bonchev–Trinajstić information content (AvgIpc) is 3.43. The summed E-state index contributed by atoms with van der Waals surface area (Å²) >= 11 is 0. The molecule has 0 spiro atoms. The van der Waals surface area contributed by atoms with Gasteiger partial charge in [-0.1, -0.05) is 58.9 Å². The zero-order valence-electron chi connectivity index (χ0n) is 30.1. The fourth-order valence-corrected chi connectivity index (χ4v) is 13.5. The molecule has 0 saturated heterocycles. The van der Waals surface area contributed by atoms with Crippen LogP contribution in [0.5, 0.6) is 11.5 Å². The molecule has 6 aliphatic rings. The van der Waals surface area contributed by atoms with Crippen LogP contribution in [0.4, 0.5) is 0 Å². The van der Waals surface area contributed by atoms with Crippen LogP contribution in [0.15, 0.2) is 30.4 Å². The van der Waals surface area contributed by atoms with Crippen LogP contribution in [0.2, 0.25) is 0 Å². The van der Waals surface area contributed by atoms with E-state index in [1.165, 1.54) is 31.3 Å². The first kappa shape index (κ1) is 33.0. The third kappa shape index (κ3) is 4.68. The number of allylic oxidation sites excluding steroid dienone is 1. The lowest BCUT2D eigenvalue weighted by atomic mass is 9.32. The number of benzene rings is 1. The van der Waals surface area contributed by atoms with E-state index in [1.807, 2.05) is 18.2 Å². The van der Waals surface area contributed by atoms with Gasteiger partial charge in [-0.3, -0.25) is 9.59 Å². The molecule has 1 aromatic rings. The molecule has 1 aliphatic heterocycles. The molecule has 6 heteroatoms. The average molecular weight is 646 g/mol. The fourth-order valence-electron chi connectivity index (χ4n) is 13.5. The van der Waals surface area contributed by atoms with Gasteiger partial charge in [0.15, 0.2) is 11.5 Å². The summed E-state index contributed by atoms with van der Waals surface area (Å²) in [5.41, 5.74) is 2.44. The summed E-state index contributed by atoms with van der Waals surface area (Å²) in [6.07, 6.45) is 11.0. The van der Waals surface area contributed by atoms with Crippen molar-refractivity contribution >= 4 is 11.9 Å². The number of esters is 1. The number of carbonyl (C=O) groups excluding carboxylic acids is 2. The summed E-state index contributed by atoms with van der Waals surface area (Å²) in [4.78, 5) is 26.7. The molecule has 1 amide bonds. The van der Waals surface area contributed by atoms with Crippen molar-refractivity contribution in [2.45, 2.75) is 125 Å². The Morgan fingerprint density at radius 2 is 1.64 bits per heavy atom. The van der Waals surface area contributed by atoms with Crippen LogP contribution in [0.3, 0.4) is 0 Å². The van der Waals surface area contributed by atoms with Gasteiger partial charge in [-0.2, -0.15) is 0 Å². The number of rotatable bonds is 5. The Hall–Kier alpha value is -2.50. The summed E-state index contributed by atoms with van der Waals surface area (Å²) in [5.74, 6) is 4.00. The lowest BCUT2D eigenvalue weighted by Gasteiger charge is -2.72. The molecular formula is C41H59NO5. The van der Waals surface area contributed by atoms with E-state index < -0.39 is 0 Å². The van der Waals surface area contributed by atoms with Crippen LogP contribution in [0, 0.1) is 56.7 Å². The highest BCUT2D eigenvalue weighted by Crippen LogP contribution is 2.77. The number of nitrogens with one attached hydrogen (secondary N) is 1. The molecular weight excluding hydrogens is 586 g/mol. The Morgan fingerprint density at radius 1 is 0.872 bits per heavy atom. The Balaban J connectivity index is 1.18. The van der Waals surface area contributed by atoms with Crippen LogP contribution in [0.25, 0.3) is 0 Å². The first-order valence-corrected chi connectivity index (χ1v) is 18.7. The van der Waals surface area contributed by atoms with Crippen molar-refractivity contribution in [1.82, 2.24) is 5.32 Å². The standard InChI is InChI=1S/C41H59NO5/c1-25(2)28-14-19-41(36(44)42-24-27-10-9-11-30-35(27)46-23-22-45-30)21-20-39(7)29(34(28)41)12-13-32-38(6)17-16-33(47-26(3)43)37(4,5)31(38)15-18-40(32,39)8/h9-11,28-29,31-34H,1,12-24H2,2-8H3,(H,42,44)/t28-,29+,31-,32+,33-,34+,38-,39+,40+,41-/m0/s1. The lowest BCUT2D eigenvalue weighted by Crippen LogP contribution is -2.67. The number of ether oxygens (including phenoxy) is 3. The van der Waals surface area contributed by atoms with E-state index in [4.69, 9.17) is 14.2 Å². The van der Waals surface area contributed by atoms with Gasteiger partial charge in [0.05, 0.1) is 5.41 Å². The maximum absolute atomic E-state index is 14.6. The van der Waals surface area contributed by atoms with Gasteiger partial charge in [-0.05, 0) is 123 Å². The number of hydrogen-bond acceptors (Lipinski definition) is 5. The van der Waals surface area contributed by atoms with Crippen molar-refractivity contribution in [3.8, 4) is 11.5 Å². The molecule has 5 aliphatic carbocycles. The van der Waals surface area contributed by atoms with E-state index in [9.17, 15) is 9.59 Å². The Labute approximate surface area is 283 Å². The summed E-state index contributed by atoms with van der Waals surface area (Å²) < 4.78 is 17.8. The van der Waals surface area contributed by atoms with E-state index in [0.29, 0.717) is 49.3 Å². The molecule has 1 aromatic carbocycles. The highest BCUT2D eigenvalue weighted by Gasteiger charge is 2.72. The monoisotopic (exact) mass is 645 g/mol. The van der Waals surface area contributed by atoms with Crippen LogP contribution < -0.4 is 14.8 Å². The molecule has 10 atom stereocenters. The molecule has 0 bridgehead atoms. The zero-order chi connectivity index (χ0) is 33.6. The number of hydrogen-bond donors (Lipinski definition) is 1. The van der Waals surface area contributed by atoms with E-state index in [-0.39, 0.29) is 45.1 Å². The predicted octanol–water partition coefficient (Wildman–Crippen LogP) is 8.66. The molecule has 258 valence electrons. The first-order valence-electron chi connectivity index (χ1n) is 18.7. The minimum absolute atomic E-state index is 0.00143. The van der Waals surface area contributed by atoms with E-state index in [1.54, 1.807) is 6.92 Å². The second-order valence-electron chi connectivity index (χ2n) is 17.9. The third-order valence-electron chi connectivity index (χ3n) is 15.9. The van der Waals surface area contributed by atoms with Gasteiger partial charge >= 0.3 is 5.97 Å². The molecule has 7 rings (SSSR count). The van der Waals surface area contributed by atoms with Gasteiger partial charge in [0.25, 0.3) is 0 Å². The quantitative estimate of drug-likeness (QED) is 0.256. The van der Waals surface area contributed by atoms with Crippen molar-refractivity contribution in [2.75, 3.05) is 13.2 Å². The number of para-hydroxylation sites is 1. The Bertz CT molecular complexity index is 1450. The van der Waals surface area contributed by atoms with Crippen LogP contribution in [0.1, 0.15) is 118 Å². The van der Waals surface area contributed by atoms with Gasteiger partial charge in [0.1, 0.15) is 19.3 Å². The van der Waals surface area contributed by atoms with Gasteiger partial charge in [0, 0.05) is 24.4 Å². The Kier molecular flexibility index (Phi) is 7.92. The van der Waals surface area contributed by atoms with Gasteiger partial charge < -0.3 is 19.5 Å². The fraction of sp³-hybridized carbons (Fsp3) is 0.756. The molecule has 0 aromatic heterocycles. The summed E-state index contributed by atoms with van der Waals surface area (Å²) in [7, 11) is 0. The number of amides is 1. The molecule has 47 heavy (non-hydrogen) atoms. The normalized spacial score (nSPS) is 43.0. The summed E-state index contributed by atoms with van der Waals surface area (Å²) in [6, 6.07) is 5.99. The first-order chi connectivity index (χ1) is 22.2. The van der Waals surface area contributed by atoms with Gasteiger partial charge in [-0.15, -0.1) is 0 Å². The third-order valence-corrected chi connectivity index (χ3v) is 15.9. The molecule has 6 nitrogen and oxygen atoms in total. The topological polar surface area (TPSA) is 73.9 Å². The minimum Gasteiger partial charge on any atom is -0.486 e. The van der Waals surface area contributed by atoms with Crippen LogP contribution in [-0.4, -0.2) is 31.2 Å². The van der Waals surface area contributed by atoms with Gasteiger partial charge in [-0.25, -0.2) is 0 Å². The maximum Gasteiger partial charge on any atom is 0.302 e. The highest BCUT2D eigenvalue weighted by molar-refractivity contribution is 5.84. The van der Waals surface area contributed by atoms with Crippen LogP contribution >= 0.6 is 0 Å². The van der Waals surface area contributed by atoms with Gasteiger partial charge in [0.2, 0.25) is 5.91 Å². The van der Waals surface area contributed by atoms with Crippen molar-refractivity contribution in [1.29, 1.82) is 0 Å². The van der Waals surface area contributed by atoms with E-state index in [0.717, 1.165) is 55.6 Å².